The molecule has 1 aromatic carbocycles. The largest absolute Gasteiger partial charge is 0.312 e. The summed E-state index contributed by atoms with van der Waals surface area (Å²) in [6.45, 7) is 5.09. The number of hydrogen-bond acceptors (Lipinski definition) is 3. The molecule has 0 bridgehead atoms. The quantitative estimate of drug-likeness (QED) is 0.901. The molecule has 1 heterocycles. The van der Waals surface area contributed by atoms with Gasteiger partial charge in [-0.15, -0.1) is 12.4 Å². The Morgan fingerprint density at radius 1 is 1.42 bits per heavy atom. The minimum atomic E-state index is -3.52. The average Bonchev–Trinajstić information content (AvgIpc) is 2.28. The van der Waals surface area contributed by atoms with E-state index in [2.05, 4.69) is 5.32 Å². The van der Waals surface area contributed by atoms with Gasteiger partial charge in [0, 0.05) is 25.7 Å². The molecule has 1 N–H and O–H groups in total. The lowest BCUT2D eigenvalue weighted by atomic mass is 10.2. The summed E-state index contributed by atoms with van der Waals surface area (Å²) in [7, 11) is -3.52. The maximum atomic E-state index is 13.0. The number of halogens is 2. The summed E-state index contributed by atoms with van der Waals surface area (Å²) in [5.74, 6) is -0.417. The van der Waals surface area contributed by atoms with Crippen molar-refractivity contribution in [2.24, 2.45) is 0 Å². The standard InChI is InChI=1S/C12H17FN2O2S.ClH/c1-9-7-11(13)3-4-12(9)18(16,17)15-6-5-14-10(2)8-15;/h3-4,7,10,14H,5-6,8H2,1-2H3;1H/t10-;/m1./s1. The van der Waals surface area contributed by atoms with E-state index in [9.17, 15) is 12.8 Å². The molecule has 0 unspecified atom stereocenters. The van der Waals surface area contributed by atoms with Crippen molar-refractivity contribution in [3.63, 3.8) is 0 Å². The molecule has 1 saturated heterocycles. The van der Waals surface area contributed by atoms with Crippen LogP contribution in [-0.4, -0.2) is 38.4 Å². The molecule has 0 saturated carbocycles. The summed E-state index contributed by atoms with van der Waals surface area (Å²) < 4.78 is 39.4. The number of benzene rings is 1. The molecule has 7 heteroatoms. The highest BCUT2D eigenvalue weighted by atomic mass is 35.5. The van der Waals surface area contributed by atoms with Gasteiger partial charge >= 0.3 is 0 Å². The van der Waals surface area contributed by atoms with Gasteiger partial charge in [-0.3, -0.25) is 0 Å². The van der Waals surface area contributed by atoms with Crippen molar-refractivity contribution < 1.29 is 12.8 Å². The fourth-order valence-electron chi connectivity index (χ4n) is 2.16. The summed E-state index contributed by atoms with van der Waals surface area (Å²) in [6.07, 6.45) is 0. The molecular formula is C12H18ClFN2O2S. The van der Waals surface area contributed by atoms with Gasteiger partial charge in [-0.25, -0.2) is 12.8 Å². The van der Waals surface area contributed by atoms with Crippen LogP contribution in [0.4, 0.5) is 4.39 Å². The number of aryl methyl sites for hydroxylation is 1. The van der Waals surface area contributed by atoms with Crippen LogP contribution in [0.25, 0.3) is 0 Å². The molecule has 0 aromatic heterocycles. The van der Waals surface area contributed by atoms with Gasteiger partial charge in [0.05, 0.1) is 4.90 Å². The average molecular weight is 309 g/mol. The number of nitrogens with one attached hydrogen (secondary N) is 1. The molecule has 0 spiro atoms. The van der Waals surface area contributed by atoms with Crippen LogP contribution < -0.4 is 5.32 Å². The van der Waals surface area contributed by atoms with Crippen molar-refractivity contribution in [2.45, 2.75) is 24.8 Å². The highest BCUT2D eigenvalue weighted by Crippen LogP contribution is 2.21. The second kappa shape index (κ2) is 6.17. The summed E-state index contributed by atoms with van der Waals surface area (Å²) in [5, 5.41) is 3.19. The zero-order valence-electron chi connectivity index (χ0n) is 10.9. The molecular weight excluding hydrogens is 291 g/mol. The van der Waals surface area contributed by atoms with Gasteiger partial charge in [-0.2, -0.15) is 4.31 Å². The summed E-state index contributed by atoms with van der Waals surface area (Å²) in [6, 6.07) is 3.91. The molecule has 19 heavy (non-hydrogen) atoms. The van der Waals surface area contributed by atoms with Gasteiger partial charge in [-0.05, 0) is 37.6 Å². The van der Waals surface area contributed by atoms with Gasteiger partial charge in [-0.1, -0.05) is 0 Å². The minimum Gasteiger partial charge on any atom is -0.312 e. The smallest absolute Gasteiger partial charge is 0.243 e. The Balaban J connectivity index is 0.00000180. The van der Waals surface area contributed by atoms with Crippen LogP contribution in [0.2, 0.25) is 0 Å². The Kier molecular flexibility index (Phi) is 5.32. The van der Waals surface area contributed by atoms with E-state index >= 15 is 0 Å². The van der Waals surface area contributed by atoms with Crippen LogP contribution in [0.5, 0.6) is 0 Å². The Morgan fingerprint density at radius 3 is 2.68 bits per heavy atom. The number of nitrogens with zero attached hydrogens (tertiary/aromatic N) is 1. The van der Waals surface area contributed by atoms with E-state index in [1.165, 1.54) is 22.5 Å². The molecule has 0 radical (unpaired) electrons. The van der Waals surface area contributed by atoms with E-state index in [0.29, 0.717) is 25.2 Å². The van der Waals surface area contributed by atoms with E-state index in [1.807, 2.05) is 6.92 Å². The van der Waals surface area contributed by atoms with Gasteiger partial charge in [0.1, 0.15) is 5.82 Å². The Hall–Kier alpha value is -0.690. The topological polar surface area (TPSA) is 49.4 Å². The van der Waals surface area contributed by atoms with Crippen molar-refractivity contribution >= 4 is 22.4 Å². The highest BCUT2D eigenvalue weighted by molar-refractivity contribution is 7.89. The second-order valence-corrected chi connectivity index (χ2v) is 6.53. The monoisotopic (exact) mass is 308 g/mol. The molecule has 1 fully saturated rings. The summed E-state index contributed by atoms with van der Waals surface area (Å²) in [5.41, 5.74) is 0.446. The van der Waals surface area contributed by atoms with Crippen molar-refractivity contribution in [1.29, 1.82) is 0 Å². The van der Waals surface area contributed by atoms with E-state index in [-0.39, 0.29) is 23.3 Å². The third-order valence-electron chi connectivity index (χ3n) is 3.09. The normalized spacial score (nSPS) is 20.9. The van der Waals surface area contributed by atoms with Gasteiger partial charge in [0.15, 0.2) is 0 Å². The first-order chi connectivity index (χ1) is 8.41. The number of rotatable bonds is 2. The van der Waals surface area contributed by atoms with E-state index in [0.717, 1.165) is 0 Å². The second-order valence-electron chi connectivity index (χ2n) is 4.63. The third kappa shape index (κ3) is 3.45. The first-order valence-electron chi connectivity index (χ1n) is 5.91. The lowest BCUT2D eigenvalue weighted by Crippen LogP contribution is -2.51. The van der Waals surface area contributed by atoms with Gasteiger partial charge in [0.25, 0.3) is 0 Å². The van der Waals surface area contributed by atoms with Gasteiger partial charge < -0.3 is 5.32 Å². The van der Waals surface area contributed by atoms with Crippen LogP contribution in [0.1, 0.15) is 12.5 Å². The fraction of sp³-hybridized carbons (Fsp3) is 0.500. The zero-order chi connectivity index (χ0) is 13.3. The minimum absolute atomic E-state index is 0. The molecule has 1 aliphatic heterocycles. The first kappa shape index (κ1) is 16.4. The number of hydrogen-bond donors (Lipinski definition) is 1. The Labute approximate surface area is 119 Å². The number of piperazine rings is 1. The zero-order valence-corrected chi connectivity index (χ0v) is 12.5. The lowest BCUT2D eigenvalue weighted by molar-refractivity contribution is 0.310. The number of sulfonamides is 1. The lowest BCUT2D eigenvalue weighted by Gasteiger charge is -2.31. The van der Waals surface area contributed by atoms with Crippen LogP contribution in [0.15, 0.2) is 23.1 Å². The van der Waals surface area contributed by atoms with Crippen LogP contribution in [-0.2, 0) is 10.0 Å². The van der Waals surface area contributed by atoms with Crippen LogP contribution in [0.3, 0.4) is 0 Å². The Morgan fingerprint density at radius 2 is 2.11 bits per heavy atom. The van der Waals surface area contributed by atoms with Crippen molar-refractivity contribution in [2.75, 3.05) is 19.6 Å². The molecule has 1 atom stereocenters. The molecule has 0 aliphatic carbocycles. The predicted octanol–water partition coefficient (Wildman–Crippen LogP) is 1.54. The van der Waals surface area contributed by atoms with E-state index < -0.39 is 15.8 Å². The highest BCUT2D eigenvalue weighted by Gasteiger charge is 2.29. The van der Waals surface area contributed by atoms with E-state index in [1.54, 1.807) is 6.92 Å². The molecule has 4 nitrogen and oxygen atoms in total. The Bertz CT molecular complexity index is 551. The maximum absolute atomic E-state index is 13.0. The van der Waals surface area contributed by atoms with Crippen LogP contribution >= 0.6 is 12.4 Å². The molecule has 0 amide bonds. The molecule has 1 aromatic rings. The fourth-order valence-corrected chi connectivity index (χ4v) is 3.89. The van der Waals surface area contributed by atoms with Crippen molar-refractivity contribution in [1.82, 2.24) is 9.62 Å². The molecule has 108 valence electrons. The van der Waals surface area contributed by atoms with Crippen molar-refractivity contribution in [3.05, 3.63) is 29.6 Å². The SMILES string of the molecule is Cc1cc(F)ccc1S(=O)(=O)N1CCN[C@H](C)C1.Cl. The summed E-state index contributed by atoms with van der Waals surface area (Å²) >= 11 is 0. The third-order valence-corrected chi connectivity index (χ3v) is 5.11. The predicted molar refractivity (Wildman–Crippen MR) is 74.6 cm³/mol. The summed E-state index contributed by atoms with van der Waals surface area (Å²) in [4.78, 5) is 0.193. The van der Waals surface area contributed by atoms with E-state index in [4.69, 9.17) is 0 Å². The molecule has 2 rings (SSSR count). The van der Waals surface area contributed by atoms with Gasteiger partial charge in [0.2, 0.25) is 10.0 Å². The molecule has 1 aliphatic rings. The maximum Gasteiger partial charge on any atom is 0.243 e. The van der Waals surface area contributed by atoms with Crippen molar-refractivity contribution in [3.8, 4) is 0 Å². The first-order valence-corrected chi connectivity index (χ1v) is 7.35. The van der Waals surface area contributed by atoms with Crippen LogP contribution in [0, 0.1) is 12.7 Å².